The SMILES string of the molecule is Cc1cc(Nc2ncc(Cl)c(Nc3ccccc3S(=O)(=O)C(C)C)n2)c(OC(C)C)cc1C1CCN(CC(=O)NCCCCC(=O)NC(C(=O)N2CCC[C@H]2C(=O)NCc2ccc(-c3scnc3C)cc2)C(C)(C)C)CC1. The van der Waals surface area contributed by atoms with E-state index in [1.165, 1.54) is 11.8 Å². The third-order valence-electron chi connectivity index (χ3n) is 14.0. The normalized spacial score (nSPS) is 15.8. The van der Waals surface area contributed by atoms with Crippen molar-refractivity contribution in [2.75, 3.05) is 43.4 Å². The fourth-order valence-corrected chi connectivity index (χ4v) is 11.9. The van der Waals surface area contributed by atoms with Crippen LogP contribution in [0.15, 0.2) is 77.3 Å². The zero-order valence-electron chi connectivity index (χ0n) is 45.8. The number of aromatic nitrogens is 3. The molecule has 20 heteroatoms. The van der Waals surface area contributed by atoms with E-state index in [2.05, 4.69) is 59.4 Å². The molecule has 2 aromatic heterocycles. The highest BCUT2D eigenvalue weighted by atomic mass is 35.5. The van der Waals surface area contributed by atoms with Crippen LogP contribution in [0.2, 0.25) is 5.02 Å². The molecule has 0 aliphatic carbocycles. The van der Waals surface area contributed by atoms with Gasteiger partial charge in [-0.15, -0.1) is 11.3 Å². The second kappa shape index (κ2) is 26.0. The number of halogens is 1. The van der Waals surface area contributed by atoms with Gasteiger partial charge in [-0.25, -0.2) is 18.4 Å². The molecular weight excluding hydrogens is 1040 g/mol. The van der Waals surface area contributed by atoms with Gasteiger partial charge in [-0.05, 0) is 151 Å². The Balaban J connectivity index is 0.846. The van der Waals surface area contributed by atoms with Crippen molar-refractivity contribution in [1.82, 2.24) is 40.7 Å². The minimum atomic E-state index is -3.60. The van der Waals surface area contributed by atoms with Crippen LogP contribution in [0, 0.1) is 19.3 Å². The van der Waals surface area contributed by atoms with Crippen LogP contribution in [0.5, 0.6) is 5.75 Å². The maximum absolute atomic E-state index is 14.1. The van der Waals surface area contributed by atoms with Crippen molar-refractivity contribution in [3.8, 4) is 16.2 Å². The van der Waals surface area contributed by atoms with Crippen molar-refractivity contribution in [1.29, 1.82) is 0 Å². The molecule has 0 bridgehead atoms. The van der Waals surface area contributed by atoms with Gasteiger partial charge in [0.25, 0.3) is 0 Å². The van der Waals surface area contributed by atoms with Crippen LogP contribution in [0.4, 0.5) is 23.1 Å². The van der Waals surface area contributed by atoms with E-state index in [9.17, 15) is 27.6 Å². The molecule has 2 fully saturated rings. The Kier molecular flexibility index (Phi) is 19.8. The number of nitrogens with zero attached hydrogens (tertiary/aromatic N) is 5. The Bertz CT molecular complexity index is 2990. The maximum Gasteiger partial charge on any atom is 0.246 e. The minimum absolute atomic E-state index is 0.0674. The first-order valence-electron chi connectivity index (χ1n) is 26.7. The summed E-state index contributed by atoms with van der Waals surface area (Å²) >= 11 is 8.12. The monoisotopic (exact) mass is 1110 g/mol. The molecule has 3 aromatic carbocycles. The summed E-state index contributed by atoms with van der Waals surface area (Å²) in [6.07, 6.45) is 5.63. The van der Waals surface area contributed by atoms with Gasteiger partial charge in [-0.3, -0.25) is 24.1 Å². The third kappa shape index (κ3) is 15.3. The number of carbonyl (C=O) groups is 4. The van der Waals surface area contributed by atoms with Gasteiger partial charge >= 0.3 is 0 Å². The average Bonchev–Trinajstić information content (AvgIpc) is 4.06. The number of unbranched alkanes of at least 4 members (excludes halogenated alkanes) is 1. The summed E-state index contributed by atoms with van der Waals surface area (Å²) in [5.41, 5.74) is 7.51. The highest BCUT2D eigenvalue weighted by Crippen LogP contribution is 2.39. The number of para-hydroxylation sites is 1. The molecule has 5 aromatic rings. The number of hydrogen-bond acceptors (Lipinski definition) is 14. The van der Waals surface area contributed by atoms with E-state index in [1.807, 2.05) is 77.4 Å². The summed E-state index contributed by atoms with van der Waals surface area (Å²) in [6, 6.07) is 17.4. The van der Waals surface area contributed by atoms with Crippen molar-refractivity contribution in [3.05, 3.63) is 99.8 Å². The van der Waals surface area contributed by atoms with Gasteiger partial charge in [0.1, 0.15) is 22.9 Å². The number of rotatable bonds is 22. The number of ether oxygens (including phenoxy) is 1. The van der Waals surface area contributed by atoms with Crippen molar-refractivity contribution in [2.24, 2.45) is 5.41 Å². The van der Waals surface area contributed by atoms with Gasteiger partial charge in [0.05, 0.1) is 56.4 Å². The summed E-state index contributed by atoms with van der Waals surface area (Å²) in [5.74, 6) is 0.596. The molecule has 2 aliphatic heterocycles. The molecule has 414 valence electrons. The fourth-order valence-electron chi connectivity index (χ4n) is 9.74. The fraction of sp³-hybridized carbons (Fsp3) is 0.491. The Labute approximate surface area is 463 Å². The number of sulfone groups is 1. The quantitative estimate of drug-likeness (QED) is 0.0409. The van der Waals surface area contributed by atoms with Crippen LogP contribution in [0.25, 0.3) is 10.4 Å². The van der Waals surface area contributed by atoms with Crippen molar-refractivity contribution in [2.45, 2.75) is 148 Å². The van der Waals surface area contributed by atoms with Gasteiger partial charge in [0.15, 0.2) is 15.7 Å². The van der Waals surface area contributed by atoms with Crippen LogP contribution < -0.4 is 31.3 Å². The third-order valence-corrected chi connectivity index (χ3v) is 17.5. The first kappa shape index (κ1) is 58.5. The average molecular weight is 1110 g/mol. The van der Waals surface area contributed by atoms with Gasteiger partial charge < -0.3 is 36.2 Å². The zero-order chi connectivity index (χ0) is 55.6. The standard InChI is InChI=1S/C57H75ClN10O7S2/c1-35(2)75-47-30-42(37(5)29-45(47)64-56-61-32-43(58)53(66-56)63-44-15-10-11-17-48(44)77(73,74)36(3)4)40-23-27-67(28-24-40)33-50(70)59-25-13-12-18-49(69)65-52(57(7,8)9)55(72)68-26-14-16-46(68)54(71)60-31-39-19-21-41(22-20-39)51-38(6)62-34-76-51/h10-11,15,17,19-22,29-30,32,34-36,40,46,52H,12-14,16,18,23-28,31,33H2,1-9H3,(H,59,70)(H,60,71)(H,65,69)(H2,61,63,64,66)/t46-,52?/m0/s1. The summed E-state index contributed by atoms with van der Waals surface area (Å²) in [7, 11) is -3.60. The number of piperidine rings is 1. The second-order valence-corrected chi connectivity index (χ2v) is 25.4. The maximum atomic E-state index is 14.1. The van der Waals surface area contributed by atoms with Crippen molar-refractivity contribution in [3.63, 3.8) is 0 Å². The number of aryl methyl sites for hydroxylation is 2. The first-order valence-corrected chi connectivity index (χ1v) is 29.5. The molecular formula is C57H75ClN10O7S2. The number of carbonyl (C=O) groups excluding carboxylic acids is 4. The number of anilines is 4. The molecule has 17 nitrogen and oxygen atoms in total. The van der Waals surface area contributed by atoms with Gasteiger partial charge in [0.2, 0.25) is 29.6 Å². The molecule has 2 aliphatic rings. The van der Waals surface area contributed by atoms with Crippen LogP contribution in [0.3, 0.4) is 0 Å². The number of hydrogen-bond donors (Lipinski definition) is 5. The summed E-state index contributed by atoms with van der Waals surface area (Å²) in [5, 5.41) is 15.0. The number of benzene rings is 3. The molecule has 0 saturated carbocycles. The van der Waals surface area contributed by atoms with Crippen LogP contribution in [0.1, 0.15) is 122 Å². The van der Waals surface area contributed by atoms with E-state index >= 15 is 0 Å². The van der Waals surface area contributed by atoms with E-state index in [1.54, 1.807) is 54.3 Å². The number of nitrogens with one attached hydrogen (secondary N) is 5. The second-order valence-electron chi connectivity index (χ2n) is 21.7. The number of likely N-dealkylation sites (tertiary alicyclic amines) is 2. The smallest absolute Gasteiger partial charge is 0.246 e. The van der Waals surface area contributed by atoms with E-state index < -0.39 is 32.6 Å². The Morgan fingerprint density at radius 3 is 2.27 bits per heavy atom. The lowest BCUT2D eigenvalue weighted by Gasteiger charge is -2.35. The number of amides is 4. The van der Waals surface area contributed by atoms with Gasteiger partial charge in [0, 0.05) is 26.1 Å². The molecule has 0 spiro atoms. The summed E-state index contributed by atoms with van der Waals surface area (Å²) in [6.45, 7) is 20.0. The molecule has 2 atom stereocenters. The first-order chi connectivity index (χ1) is 36.6. The number of thiazole rings is 1. The van der Waals surface area contributed by atoms with Gasteiger partial charge in [-0.1, -0.05) is 68.8 Å². The van der Waals surface area contributed by atoms with E-state index in [0.29, 0.717) is 62.4 Å². The minimum Gasteiger partial charge on any atom is -0.489 e. The summed E-state index contributed by atoms with van der Waals surface area (Å²) in [4.78, 5) is 72.4. The topological polar surface area (TPSA) is 217 Å². The molecule has 4 amide bonds. The van der Waals surface area contributed by atoms with Crippen LogP contribution in [-0.4, -0.2) is 113 Å². The van der Waals surface area contributed by atoms with E-state index in [-0.39, 0.29) is 70.3 Å². The molecule has 4 heterocycles. The predicted octanol–water partition coefficient (Wildman–Crippen LogP) is 9.63. The molecule has 5 N–H and O–H groups in total. The lowest BCUT2D eigenvalue weighted by Crippen LogP contribution is -2.57. The van der Waals surface area contributed by atoms with E-state index in [0.717, 1.165) is 53.2 Å². The summed E-state index contributed by atoms with van der Waals surface area (Å²) < 4.78 is 32.6. The van der Waals surface area contributed by atoms with E-state index in [4.69, 9.17) is 16.3 Å². The lowest BCUT2D eigenvalue weighted by atomic mass is 9.85. The molecule has 0 radical (unpaired) electrons. The predicted molar refractivity (Wildman–Crippen MR) is 305 cm³/mol. The Hall–Kier alpha value is -6.15. The van der Waals surface area contributed by atoms with Crippen molar-refractivity contribution < 1.29 is 32.3 Å². The van der Waals surface area contributed by atoms with Crippen LogP contribution in [-0.2, 0) is 35.6 Å². The highest BCUT2D eigenvalue weighted by molar-refractivity contribution is 7.92. The molecule has 77 heavy (non-hydrogen) atoms. The largest absolute Gasteiger partial charge is 0.489 e. The molecule has 2 saturated heterocycles. The lowest BCUT2D eigenvalue weighted by molar-refractivity contribution is -0.144. The zero-order valence-corrected chi connectivity index (χ0v) is 48.2. The molecule has 1 unspecified atom stereocenters. The Morgan fingerprint density at radius 1 is 0.870 bits per heavy atom. The Morgan fingerprint density at radius 2 is 1.60 bits per heavy atom. The molecule has 7 rings (SSSR count). The van der Waals surface area contributed by atoms with Crippen molar-refractivity contribution >= 4 is 79.5 Å². The van der Waals surface area contributed by atoms with Gasteiger partial charge in [-0.2, -0.15) is 4.98 Å². The highest BCUT2D eigenvalue weighted by Gasteiger charge is 2.42. The van der Waals surface area contributed by atoms with Crippen LogP contribution >= 0.6 is 22.9 Å².